The van der Waals surface area contributed by atoms with Crippen molar-refractivity contribution in [2.45, 2.75) is 19.3 Å². The molecular formula is C11H12ClN3. The number of hydrogen-bond acceptors (Lipinski definition) is 2. The Hall–Kier alpha value is -1.35. The first-order chi connectivity index (χ1) is 7.29. The van der Waals surface area contributed by atoms with Crippen LogP contribution in [0.5, 0.6) is 0 Å². The van der Waals surface area contributed by atoms with E-state index >= 15 is 0 Å². The molecule has 1 aromatic heterocycles. The van der Waals surface area contributed by atoms with Gasteiger partial charge in [0.05, 0.1) is 12.4 Å². The molecule has 0 unspecified atom stereocenters. The van der Waals surface area contributed by atoms with Crippen LogP contribution in [0.3, 0.4) is 0 Å². The summed E-state index contributed by atoms with van der Waals surface area (Å²) in [5.74, 6) is 1.20. The van der Waals surface area contributed by atoms with E-state index in [1.807, 2.05) is 10.7 Å². The molecule has 2 aromatic rings. The van der Waals surface area contributed by atoms with Crippen LogP contribution < -0.4 is 0 Å². The van der Waals surface area contributed by atoms with Gasteiger partial charge in [0.1, 0.15) is 12.2 Å². The second-order valence-electron chi connectivity index (χ2n) is 3.46. The molecule has 78 valence electrons. The van der Waals surface area contributed by atoms with Crippen molar-refractivity contribution in [2.24, 2.45) is 0 Å². The third-order valence-electron chi connectivity index (χ3n) is 2.23. The van der Waals surface area contributed by atoms with Gasteiger partial charge in [0, 0.05) is 0 Å². The molecule has 0 saturated heterocycles. The van der Waals surface area contributed by atoms with E-state index in [1.54, 1.807) is 0 Å². The molecule has 4 heteroatoms. The summed E-state index contributed by atoms with van der Waals surface area (Å²) in [5, 5.41) is 4.13. The fourth-order valence-corrected chi connectivity index (χ4v) is 1.71. The van der Waals surface area contributed by atoms with E-state index in [0.29, 0.717) is 5.88 Å². The monoisotopic (exact) mass is 221 g/mol. The molecule has 0 saturated carbocycles. The summed E-state index contributed by atoms with van der Waals surface area (Å²) < 4.78 is 1.82. The van der Waals surface area contributed by atoms with E-state index in [2.05, 4.69) is 35.2 Å². The summed E-state index contributed by atoms with van der Waals surface area (Å²) in [6.45, 7) is 2.80. The molecule has 0 spiro atoms. The normalized spacial score (nSPS) is 10.5. The maximum atomic E-state index is 5.75. The van der Waals surface area contributed by atoms with Gasteiger partial charge < -0.3 is 0 Å². The van der Waals surface area contributed by atoms with Crippen molar-refractivity contribution >= 4 is 11.6 Å². The summed E-state index contributed by atoms with van der Waals surface area (Å²) in [7, 11) is 0. The molecule has 0 atom stereocenters. The van der Waals surface area contributed by atoms with Crippen molar-refractivity contribution in [1.29, 1.82) is 0 Å². The number of benzene rings is 1. The minimum Gasteiger partial charge on any atom is -0.244 e. The Labute approximate surface area is 93.7 Å². The van der Waals surface area contributed by atoms with Crippen molar-refractivity contribution < 1.29 is 0 Å². The van der Waals surface area contributed by atoms with E-state index in [1.165, 1.54) is 17.5 Å². The minimum absolute atomic E-state index is 0.395. The molecule has 0 aliphatic carbocycles. The van der Waals surface area contributed by atoms with Gasteiger partial charge in [-0.15, -0.1) is 11.6 Å². The standard InChI is InChI=1S/C11H12ClN3/c1-9-3-2-4-10(5-9)7-15-11(6-12)13-8-14-15/h2-5,8H,6-7H2,1H3. The lowest BCUT2D eigenvalue weighted by Gasteiger charge is -2.04. The van der Waals surface area contributed by atoms with Gasteiger partial charge in [-0.25, -0.2) is 9.67 Å². The summed E-state index contributed by atoms with van der Waals surface area (Å²) in [6.07, 6.45) is 1.54. The highest BCUT2D eigenvalue weighted by Crippen LogP contribution is 2.07. The Balaban J connectivity index is 2.22. The molecule has 0 N–H and O–H groups in total. The summed E-state index contributed by atoms with van der Waals surface area (Å²) in [6, 6.07) is 8.33. The Bertz CT molecular complexity index is 451. The van der Waals surface area contributed by atoms with Crippen LogP contribution in [-0.2, 0) is 12.4 Å². The molecule has 0 amide bonds. The lowest BCUT2D eigenvalue weighted by Crippen LogP contribution is -2.05. The number of halogens is 1. The number of hydrogen-bond donors (Lipinski definition) is 0. The highest BCUT2D eigenvalue weighted by Gasteiger charge is 2.03. The average molecular weight is 222 g/mol. The zero-order valence-corrected chi connectivity index (χ0v) is 9.28. The molecule has 0 fully saturated rings. The maximum absolute atomic E-state index is 5.75. The van der Waals surface area contributed by atoms with Crippen LogP contribution in [0.2, 0.25) is 0 Å². The van der Waals surface area contributed by atoms with E-state index < -0.39 is 0 Å². The first kappa shape index (κ1) is 10.2. The molecule has 3 nitrogen and oxygen atoms in total. The number of rotatable bonds is 3. The van der Waals surface area contributed by atoms with Gasteiger partial charge in [-0.2, -0.15) is 5.10 Å². The van der Waals surface area contributed by atoms with E-state index in [9.17, 15) is 0 Å². The number of alkyl halides is 1. The first-order valence-electron chi connectivity index (χ1n) is 4.78. The van der Waals surface area contributed by atoms with Gasteiger partial charge in [0.2, 0.25) is 0 Å². The third-order valence-corrected chi connectivity index (χ3v) is 2.47. The topological polar surface area (TPSA) is 30.7 Å². The van der Waals surface area contributed by atoms with Crippen molar-refractivity contribution in [3.63, 3.8) is 0 Å². The molecule has 1 aromatic carbocycles. The van der Waals surface area contributed by atoms with Crippen molar-refractivity contribution in [2.75, 3.05) is 0 Å². The highest BCUT2D eigenvalue weighted by molar-refractivity contribution is 6.16. The molecule has 15 heavy (non-hydrogen) atoms. The Kier molecular flexibility index (Phi) is 3.02. The molecule has 0 aliphatic rings. The van der Waals surface area contributed by atoms with Gasteiger partial charge in [-0.3, -0.25) is 0 Å². The molecule has 0 bridgehead atoms. The van der Waals surface area contributed by atoms with E-state index in [4.69, 9.17) is 11.6 Å². The fourth-order valence-electron chi connectivity index (χ4n) is 1.51. The number of aryl methyl sites for hydroxylation is 1. The predicted octanol–water partition coefficient (Wildman–Crippen LogP) is 2.37. The van der Waals surface area contributed by atoms with Gasteiger partial charge in [0.15, 0.2) is 0 Å². The lowest BCUT2D eigenvalue weighted by molar-refractivity contribution is 0.656. The highest BCUT2D eigenvalue weighted by atomic mass is 35.5. The Morgan fingerprint density at radius 3 is 3.00 bits per heavy atom. The van der Waals surface area contributed by atoms with Gasteiger partial charge in [0.25, 0.3) is 0 Å². The number of aromatic nitrogens is 3. The van der Waals surface area contributed by atoms with Gasteiger partial charge in [-0.05, 0) is 12.5 Å². The Morgan fingerprint density at radius 1 is 1.40 bits per heavy atom. The van der Waals surface area contributed by atoms with E-state index in [-0.39, 0.29) is 0 Å². The van der Waals surface area contributed by atoms with Crippen LogP contribution in [0.25, 0.3) is 0 Å². The SMILES string of the molecule is Cc1cccc(Cn2ncnc2CCl)c1. The zero-order valence-electron chi connectivity index (χ0n) is 8.52. The minimum atomic E-state index is 0.395. The quantitative estimate of drug-likeness (QED) is 0.746. The van der Waals surface area contributed by atoms with Crippen LogP contribution in [0.1, 0.15) is 17.0 Å². The molecule has 2 rings (SSSR count). The predicted molar refractivity (Wildman–Crippen MR) is 59.9 cm³/mol. The van der Waals surface area contributed by atoms with Crippen molar-refractivity contribution in [1.82, 2.24) is 14.8 Å². The molecular weight excluding hydrogens is 210 g/mol. The first-order valence-corrected chi connectivity index (χ1v) is 5.31. The Morgan fingerprint density at radius 2 is 2.27 bits per heavy atom. The maximum Gasteiger partial charge on any atom is 0.142 e. The fraction of sp³-hybridized carbons (Fsp3) is 0.273. The van der Waals surface area contributed by atoms with Crippen LogP contribution in [0.15, 0.2) is 30.6 Å². The van der Waals surface area contributed by atoms with E-state index in [0.717, 1.165) is 12.4 Å². The average Bonchev–Trinajstić information content (AvgIpc) is 2.65. The van der Waals surface area contributed by atoms with Crippen LogP contribution in [-0.4, -0.2) is 14.8 Å². The second kappa shape index (κ2) is 4.45. The smallest absolute Gasteiger partial charge is 0.142 e. The summed E-state index contributed by atoms with van der Waals surface area (Å²) in [5.41, 5.74) is 2.46. The molecule has 1 heterocycles. The summed E-state index contributed by atoms with van der Waals surface area (Å²) >= 11 is 5.75. The summed E-state index contributed by atoms with van der Waals surface area (Å²) in [4.78, 5) is 4.07. The lowest BCUT2D eigenvalue weighted by atomic mass is 10.1. The van der Waals surface area contributed by atoms with Crippen molar-refractivity contribution in [3.8, 4) is 0 Å². The van der Waals surface area contributed by atoms with Crippen LogP contribution in [0, 0.1) is 6.92 Å². The van der Waals surface area contributed by atoms with Crippen molar-refractivity contribution in [3.05, 3.63) is 47.5 Å². The van der Waals surface area contributed by atoms with Gasteiger partial charge in [-0.1, -0.05) is 29.8 Å². The van der Waals surface area contributed by atoms with Crippen LogP contribution in [0.4, 0.5) is 0 Å². The number of nitrogens with zero attached hydrogens (tertiary/aromatic N) is 3. The molecule has 0 aliphatic heterocycles. The largest absolute Gasteiger partial charge is 0.244 e. The second-order valence-corrected chi connectivity index (χ2v) is 3.72. The zero-order chi connectivity index (χ0) is 10.7. The van der Waals surface area contributed by atoms with Crippen LogP contribution >= 0.6 is 11.6 Å². The molecule has 0 radical (unpaired) electrons. The van der Waals surface area contributed by atoms with Gasteiger partial charge >= 0.3 is 0 Å². The third kappa shape index (κ3) is 2.36.